The minimum Gasteiger partial charge on any atom is -0.383 e. The van der Waals surface area contributed by atoms with Gasteiger partial charge in [0.1, 0.15) is 10.8 Å². The fourth-order valence-electron chi connectivity index (χ4n) is 3.37. The first-order valence-corrected chi connectivity index (χ1v) is 11.1. The van der Waals surface area contributed by atoms with E-state index in [1.807, 2.05) is 25.2 Å². The van der Waals surface area contributed by atoms with E-state index in [9.17, 15) is 0 Å². The Hall–Kier alpha value is -2.99. The van der Waals surface area contributed by atoms with Crippen molar-refractivity contribution in [3.63, 3.8) is 0 Å². The molecule has 31 heavy (non-hydrogen) atoms. The third-order valence-electron chi connectivity index (χ3n) is 5.08. The number of nitrogens with one attached hydrogen (secondary N) is 3. The predicted octanol–water partition coefficient (Wildman–Crippen LogP) is 5.31. The van der Waals surface area contributed by atoms with Gasteiger partial charge < -0.3 is 25.4 Å². The topological polar surface area (TPSA) is 44.3 Å². The Morgan fingerprint density at radius 1 is 1.03 bits per heavy atom. The maximum absolute atomic E-state index is 5.71. The lowest BCUT2D eigenvalue weighted by atomic mass is 10.2. The van der Waals surface area contributed by atoms with Crippen molar-refractivity contribution in [2.45, 2.75) is 20.4 Å². The number of anilines is 4. The molecule has 0 aliphatic carbocycles. The fourth-order valence-corrected chi connectivity index (χ4v) is 3.58. The summed E-state index contributed by atoms with van der Waals surface area (Å²) in [6.07, 6.45) is 2.16. The summed E-state index contributed by atoms with van der Waals surface area (Å²) in [7, 11) is 5.99. The molecule has 3 rings (SSSR count). The van der Waals surface area contributed by atoms with E-state index in [4.69, 9.17) is 12.2 Å². The van der Waals surface area contributed by atoms with Crippen molar-refractivity contribution in [3.05, 3.63) is 71.9 Å². The minimum atomic E-state index is 0.531. The van der Waals surface area contributed by atoms with Gasteiger partial charge in [0.25, 0.3) is 0 Å². The lowest BCUT2D eigenvalue weighted by molar-refractivity contribution is 0.688. The highest BCUT2D eigenvalue weighted by atomic mass is 32.1. The molecule has 0 unspecified atom stereocenters. The molecule has 3 N–H and O–H groups in total. The van der Waals surface area contributed by atoms with E-state index in [0.717, 1.165) is 35.8 Å². The van der Waals surface area contributed by atoms with Crippen LogP contribution in [0.25, 0.3) is 0 Å². The number of hydrogen-bond acceptors (Lipinski definition) is 4. The highest BCUT2D eigenvalue weighted by Crippen LogP contribution is 2.32. The lowest BCUT2D eigenvalue weighted by Gasteiger charge is -2.16. The van der Waals surface area contributed by atoms with Crippen LogP contribution in [0, 0.1) is 5.92 Å². The van der Waals surface area contributed by atoms with Gasteiger partial charge in [-0.2, -0.15) is 0 Å². The van der Waals surface area contributed by atoms with Crippen LogP contribution in [-0.4, -0.2) is 37.2 Å². The van der Waals surface area contributed by atoms with Crippen molar-refractivity contribution < 1.29 is 0 Å². The Balaban J connectivity index is 2.03. The highest BCUT2D eigenvalue weighted by molar-refractivity contribution is 7.80. The second-order valence-corrected chi connectivity index (χ2v) is 8.71. The van der Waals surface area contributed by atoms with E-state index < -0.39 is 0 Å². The molecule has 5 nitrogen and oxygen atoms in total. The summed E-state index contributed by atoms with van der Waals surface area (Å²) < 4.78 is 2.24. The summed E-state index contributed by atoms with van der Waals surface area (Å²) in [5, 5.41) is 10.4. The second kappa shape index (κ2) is 10.4. The van der Waals surface area contributed by atoms with Crippen LogP contribution in [0.4, 0.5) is 22.9 Å². The van der Waals surface area contributed by atoms with E-state index in [1.54, 1.807) is 0 Å². The van der Waals surface area contributed by atoms with Gasteiger partial charge in [0, 0.05) is 51.8 Å². The average Bonchev–Trinajstić information content (AvgIpc) is 3.09. The molecule has 3 aromatic rings. The van der Waals surface area contributed by atoms with Gasteiger partial charge in [-0.05, 0) is 35.7 Å². The van der Waals surface area contributed by atoms with Crippen molar-refractivity contribution in [1.82, 2.24) is 9.88 Å². The Kier molecular flexibility index (Phi) is 7.58. The summed E-state index contributed by atoms with van der Waals surface area (Å²) in [4.78, 5) is 2.82. The van der Waals surface area contributed by atoms with Crippen molar-refractivity contribution >= 4 is 40.1 Å². The van der Waals surface area contributed by atoms with Crippen molar-refractivity contribution in [2.24, 2.45) is 5.92 Å². The minimum absolute atomic E-state index is 0.531. The number of benzene rings is 2. The zero-order chi connectivity index (χ0) is 22.4. The van der Waals surface area contributed by atoms with E-state index in [-0.39, 0.29) is 0 Å². The number of hydrogen-bond donors (Lipinski definition) is 3. The van der Waals surface area contributed by atoms with Crippen LogP contribution in [-0.2, 0) is 6.54 Å². The van der Waals surface area contributed by atoms with Crippen LogP contribution in [0.2, 0.25) is 0 Å². The molecule has 6 heteroatoms. The molecule has 1 aromatic heterocycles. The Labute approximate surface area is 191 Å². The summed E-state index contributed by atoms with van der Waals surface area (Å²) >= 11 is 5.71. The third-order valence-corrected chi connectivity index (χ3v) is 5.48. The zero-order valence-corrected chi connectivity index (χ0v) is 19.9. The van der Waals surface area contributed by atoms with Crippen molar-refractivity contribution in [1.29, 1.82) is 0 Å². The molecule has 2 aromatic carbocycles. The molecule has 164 valence electrons. The molecule has 0 radical (unpaired) electrons. The van der Waals surface area contributed by atoms with Crippen LogP contribution < -0.4 is 20.9 Å². The van der Waals surface area contributed by atoms with Crippen LogP contribution in [0.3, 0.4) is 0 Å². The Bertz CT molecular complexity index is 991. The van der Waals surface area contributed by atoms with Crippen LogP contribution in [0.1, 0.15) is 25.0 Å². The number of thiocarbonyl (C=S) groups is 1. The summed E-state index contributed by atoms with van der Waals surface area (Å²) in [5.41, 5.74) is 5.48. The molecule has 0 spiro atoms. The SMILES string of the molecule is CNC(=S)c1c(NCC(C)C)cn(Cc2ccc(N(C)C)cc2)c1Nc1ccccc1. The number of nitrogens with zero attached hydrogens (tertiary/aromatic N) is 2. The van der Waals surface area contributed by atoms with Crippen LogP contribution >= 0.6 is 12.2 Å². The van der Waals surface area contributed by atoms with Gasteiger partial charge in [-0.25, -0.2) is 0 Å². The van der Waals surface area contributed by atoms with Gasteiger partial charge in [-0.1, -0.05) is 56.4 Å². The van der Waals surface area contributed by atoms with Crippen molar-refractivity contribution in [3.8, 4) is 0 Å². The monoisotopic (exact) mass is 435 g/mol. The van der Waals surface area contributed by atoms with E-state index >= 15 is 0 Å². The third kappa shape index (κ3) is 5.79. The molecule has 0 fully saturated rings. The molecule has 0 amide bonds. The first kappa shape index (κ1) is 22.7. The standard InChI is InChI=1S/C25H33N5S/c1-18(2)15-27-22-17-30(16-19-11-13-21(14-12-19)29(4)5)24(23(22)25(31)26-3)28-20-9-7-6-8-10-20/h6-14,17-18,27-28H,15-16H2,1-5H3,(H,26,31). The van der Waals surface area contributed by atoms with Gasteiger partial charge in [0.15, 0.2) is 0 Å². The lowest BCUT2D eigenvalue weighted by Crippen LogP contribution is -2.20. The number of aromatic nitrogens is 1. The smallest absolute Gasteiger partial charge is 0.123 e. The van der Waals surface area contributed by atoms with Gasteiger partial charge in [0.05, 0.1) is 11.3 Å². The number of para-hydroxylation sites is 1. The maximum Gasteiger partial charge on any atom is 0.123 e. The molecular weight excluding hydrogens is 402 g/mol. The Morgan fingerprint density at radius 2 is 1.71 bits per heavy atom. The normalized spacial score (nSPS) is 10.8. The second-order valence-electron chi connectivity index (χ2n) is 8.30. The fraction of sp³-hybridized carbons (Fsp3) is 0.320. The first-order chi connectivity index (χ1) is 14.9. The highest BCUT2D eigenvalue weighted by Gasteiger charge is 2.20. The van der Waals surface area contributed by atoms with Crippen LogP contribution in [0.15, 0.2) is 60.8 Å². The van der Waals surface area contributed by atoms with E-state index in [2.05, 4.69) is 96.0 Å². The van der Waals surface area contributed by atoms with Gasteiger partial charge in [-0.15, -0.1) is 0 Å². The van der Waals surface area contributed by atoms with E-state index in [1.165, 1.54) is 11.3 Å². The first-order valence-electron chi connectivity index (χ1n) is 10.7. The van der Waals surface area contributed by atoms with E-state index in [0.29, 0.717) is 10.9 Å². The van der Waals surface area contributed by atoms with Gasteiger partial charge >= 0.3 is 0 Å². The molecule has 0 saturated heterocycles. The average molecular weight is 436 g/mol. The molecule has 0 bridgehead atoms. The van der Waals surface area contributed by atoms with Crippen molar-refractivity contribution in [2.75, 3.05) is 43.2 Å². The molecule has 0 aliphatic rings. The molecule has 0 saturated carbocycles. The molecule has 0 aliphatic heterocycles. The Morgan fingerprint density at radius 3 is 2.29 bits per heavy atom. The molecule has 1 heterocycles. The largest absolute Gasteiger partial charge is 0.383 e. The summed E-state index contributed by atoms with van der Waals surface area (Å²) in [6, 6.07) is 18.9. The molecular formula is C25H33N5S. The quantitative estimate of drug-likeness (QED) is 0.398. The summed E-state index contributed by atoms with van der Waals surface area (Å²) in [5.74, 6) is 1.51. The van der Waals surface area contributed by atoms with Gasteiger partial charge in [0.2, 0.25) is 0 Å². The maximum atomic E-state index is 5.71. The van der Waals surface area contributed by atoms with Gasteiger partial charge in [-0.3, -0.25) is 0 Å². The summed E-state index contributed by atoms with van der Waals surface area (Å²) in [6.45, 7) is 6.03. The number of rotatable bonds is 9. The predicted molar refractivity (Wildman–Crippen MR) is 138 cm³/mol. The molecule has 0 atom stereocenters. The zero-order valence-electron chi connectivity index (χ0n) is 19.1. The van der Waals surface area contributed by atoms with Crippen LogP contribution in [0.5, 0.6) is 0 Å².